The molecule has 0 unspecified atom stereocenters. The van der Waals surface area contributed by atoms with Crippen molar-refractivity contribution in [3.63, 3.8) is 0 Å². The largest absolute Gasteiger partial charge is 0.467 e. The van der Waals surface area contributed by atoms with Gasteiger partial charge in [0.2, 0.25) is 11.8 Å². The minimum atomic E-state index is -0.820. The molecule has 3 N–H and O–H groups in total. The predicted octanol–water partition coefficient (Wildman–Crippen LogP) is 1.55. The maximum atomic E-state index is 12.7. The van der Waals surface area contributed by atoms with E-state index >= 15 is 0 Å². The summed E-state index contributed by atoms with van der Waals surface area (Å²) >= 11 is 0. The number of hydrogen-bond donors (Lipinski definition) is 3. The van der Waals surface area contributed by atoms with Crippen molar-refractivity contribution >= 4 is 23.9 Å². The van der Waals surface area contributed by atoms with E-state index in [1.165, 1.54) is 18.0 Å². The van der Waals surface area contributed by atoms with Crippen LogP contribution in [-0.2, 0) is 43.6 Å². The second-order valence-electron chi connectivity index (χ2n) is 9.01. The van der Waals surface area contributed by atoms with Crippen molar-refractivity contribution in [2.24, 2.45) is 11.8 Å². The third-order valence-electron chi connectivity index (χ3n) is 5.76. The molecule has 2 aromatic rings. The molecule has 1 aromatic carbocycles. The van der Waals surface area contributed by atoms with Gasteiger partial charge in [0.1, 0.15) is 30.9 Å². The van der Waals surface area contributed by atoms with Crippen LogP contribution in [0.2, 0.25) is 0 Å². The number of amides is 3. The van der Waals surface area contributed by atoms with E-state index in [1.807, 2.05) is 44.2 Å². The molecular formula is C25H36N6O6. The number of carbonyl (C=O) groups excluding carboxylic acids is 4. The van der Waals surface area contributed by atoms with Gasteiger partial charge >= 0.3 is 12.1 Å². The fourth-order valence-corrected chi connectivity index (χ4v) is 3.37. The number of benzene rings is 1. The minimum absolute atomic E-state index is 0.0437. The Kier molecular flexibility index (Phi) is 11.5. The standard InChI is InChI=1S/C25H36N6O6/c1-6-17(4)22(24(34)36-5)27-20(32)14-31-13-19(29-30-31)12-26-23(33)21(16(2)3)28-25(35)37-15-18-10-8-7-9-11-18/h7-11,13,16-17,21-22H,6,12,14-15H2,1-5H3,(H,26,33)(H,27,32)(H,28,35)/t17-,21+,22+/m1/s1. The lowest BCUT2D eigenvalue weighted by Crippen LogP contribution is -2.49. The highest BCUT2D eigenvalue weighted by atomic mass is 16.5. The molecule has 12 heteroatoms. The molecule has 1 heterocycles. The Hall–Kier alpha value is -3.96. The number of esters is 1. The highest BCUT2D eigenvalue weighted by Crippen LogP contribution is 2.09. The van der Waals surface area contributed by atoms with Gasteiger partial charge in [-0.2, -0.15) is 0 Å². The van der Waals surface area contributed by atoms with E-state index in [1.54, 1.807) is 13.8 Å². The van der Waals surface area contributed by atoms with Gasteiger partial charge in [-0.1, -0.05) is 69.7 Å². The first-order valence-corrected chi connectivity index (χ1v) is 12.2. The Morgan fingerprint density at radius 1 is 1.03 bits per heavy atom. The molecule has 1 aromatic heterocycles. The van der Waals surface area contributed by atoms with Crippen molar-refractivity contribution < 1.29 is 28.7 Å². The van der Waals surface area contributed by atoms with Crippen LogP contribution >= 0.6 is 0 Å². The van der Waals surface area contributed by atoms with Gasteiger partial charge < -0.3 is 25.4 Å². The molecule has 0 fully saturated rings. The molecule has 12 nitrogen and oxygen atoms in total. The second kappa shape index (κ2) is 14.6. The number of nitrogens with one attached hydrogen (secondary N) is 3. The fraction of sp³-hybridized carbons (Fsp3) is 0.520. The van der Waals surface area contributed by atoms with Crippen LogP contribution in [0.5, 0.6) is 0 Å². The number of rotatable bonds is 13. The molecule has 0 radical (unpaired) electrons. The lowest BCUT2D eigenvalue weighted by atomic mass is 9.99. The zero-order valence-corrected chi connectivity index (χ0v) is 21.9. The topological polar surface area (TPSA) is 154 Å². The zero-order valence-electron chi connectivity index (χ0n) is 21.9. The Labute approximate surface area is 216 Å². The van der Waals surface area contributed by atoms with Crippen molar-refractivity contribution in [3.05, 3.63) is 47.8 Å². The van der Waals surface area contributed by atoms with E-state index in [4.69, 9.17) is 9.47 Å². The Bertz CT molecular complexity index is 1040. The van der Waals surface area contributed by atoms with Gasteiger partial charge in [0, 0.05) is 0 Å². The van der Waals surface area contributed by atoms with Crippen LogP contribution in [0.3, 0.4) is 0 Å². The number of alkyl carbamates (subject to hydrolysis) is 1. The van der Waals surface area contributed by atoms with Crippen LogP contribution in [-0.4, -0.2) is 58.1 Å². The number of aromatic nitrogens is 3. The van der Waals surface area contributed by atoms with Crippen molar-refractivity contribution in [1.82, 2.24) is 30.9 Å². The molecule has 0 aliphatic rings. The highest BCUT2D eigenvalue weighted by Gasteiger charge is 2.27. The van der Waals surface area contributed by atoms with Gasteiger partial charge in [-0.3, -0.25) is 9.59 Å². The summed E-state index contributed by atoms with van der Waals surface area (Å²) in [5.74, 6) is -1.64. The van der Waals surface area contributed by atoms with Gasteiger partial charge in [-0.05, 0) is 17.4 Å². The van der Waals surface area contributed by atoms with Crippen LogP contribution < -0.4 is 16.0 Å². The molecular weight excluding hydrogens is 480 g/mol. The van der Waals surface area contributed by atoms with Gasteiger partial charge in [0.25, 0.3) is 0 Å². The first-order valence-electron chi connectivity index (χ1n) is 12.2. The average Bonchev–Trinajstić information content (AvgIpc) is 3.34. The van der Waals surface area contributed by atoms with Crippen LogP contribution in [0.4, 0.5) is 4.79 Å². The SMILES string of the molecule is CC[C@@H](C)[C@H](NC(=O)Cn1cc(CNC(=O)[C@@H](NC(=O)OCc2ccccc2)C(C)C)nn1)C(=O)OC. The highest BCUT2D eigenvalue weighted by molar-refractivity contribution is 5.86. The first-order chi connectivity index (χ1) is 17.6. The summed E-state index contributed by atoms with van der Waals surface area (Å²) < 4.78 is 11.3. The third-order valence-corrected chi connectivity index (χ3v) is 5.76. The molecule has 0 saturated heterocycles. The summed E-state index contributed by atoms with van der Waals surface area (Å²) in [5, 5.41) is 15.8. The van der Waals surface area contributed by atoms with Crippen LogP contribution in [0.15, 0.2) is 36.5 Å². The molecule has 37 heavy (non-hydrogen) atoms. The molecule has 3 atom stereocenters. The predicted molar refractivity (Wildman–Crippen MR) is 134 cm³/mol. The maximum Gasteiger partial charge on any atom is 0.408 e. The Morgan fingerprint density at radius 2 is 1.73 bits per heavy atom. The van der Waals surface area contributed by atoms with E-state index < -0.39 is 36.0 Å². The van der Waals surface area contributed by atoms with Gasteiger partial charge in [0.15, 0.2) is 0 Å². The van der Waals surface area contributed by atoms with E-state index in [0.717, 1.165) is 5.56 Å². The van der Waals surface area contributed by atoms with E-state index in [0.29, 0.717) is 12.1 Å². The summed E-state index contributed by atoms with van der Waals surface area (Å²) in [5.41, 5.74) is 1.25. The lowest BCUT2D eigenvalue weighted by molar-refractivity contribution is -0.146. The molecule has 3 amide bonds. The van der Waals surface area contributed by atoms with Gasteiger partial charge in [-0.15, -0.1) is 5.10 Å². The first kappa shape index (κ1) is 29.3. The van der Waals surface area contributed by atoms with Gasteiger partial charge in [-0.25, -0.2) is 14.3 Å². The summed E-state index contributed by atoms with van der Waals surface area (Å²) in [6.07, 6.45) is 1.50. The minimum Gasteiger partial charge on any atom is -0.467 e. The molecule has 0 aliphatic heterocycles. The third kappa shape index (κ3) is 9.54. The van der Waals surface area contributed by atoms with Crippen LogP contribution in [0.25, 0.3) is 0 Å². The number of nitrogens with zero attached hydrogens (tertiary/aromatic N) is 3. The van der Waals surface area contributed by atoms with Crippen molar-refractivity contribution in [2.75, 3.05) is 7.11 Å². The number of methoxy groups -OCH3 is 1. The Balaban J connectivity index is 1.86. The van der Waals surface area contributed by atoms with E-state index in [-0.39, 0.29) is 31.5 Å². The van der Waals surface area contributed by atoms with Crippen LogP contribution in [0.1, 0.15) is 45.4 Å². The molecule has 202 valence electrons. The molecule has 0 spiro atoms. The van der Waals surface area contributed by atoms with E-state index in [2.05, 4.69) is 26.3 Å². The number of hydrogen-bond acceptors (Lipinski definition) is 8. The maximum absolute atomic E-state index is 12.7. The second-order valence-corrected chi connectivity index (χ2v) is 9.01. The van der Waals surface area contributed by atoms with Gasteiger partial charge in [0.05, 0.1) is 19.9 Å². The normalized spacial score (nSPS) is 13.2. The van der Waals surface area contributed by atoms with Crippen molar-refractivity contribution in [3.8, 4) is 0 Å². The zero-order chi connectivity index (χ0) is 27.4. The van der Waals surface area contributed by atoms with Crippen LogP contribution in [0, 0.1) is 11.8 Å². The fourth-order valence-electron chi connectivity index (χ4n) is 3.37. The number of carbonyl (C=O) groups is 4. The smallest absolute Gasteiger partial charge is 0.408 e. The average molecular weight is 517 g/mol. The molecule has 2 rings (SSSR count). The monoisotopic (exact) mass is 516 g/mol. The molecule has 0 bridgehead atoms. The lowest BCUT2D eigenvalue weighted by Gasteiger charge is -2.21. The summed E-state index contributed by atoms with van der Waals surface area (Å²) in [4.78, 5) is 49.3. The number of ether oxygens (including phenoxy) is 2. The quantitative estimate of drug-likeness (QED) is 0.339. The summed E-state index contributed by atoms with van der Waals surface area (Å²) in [6.45, 7) is 7.34. The molecule has 0 saturated carbocycles. The van der Waals surface area contributed by atoms with Crippen molar-refractivity contribution in [1.29, 1.82) is 0 Å². The Morgan fingerprint density at radius 3 is 2.35 bits per heavy atom. The van der Waals surface area contributed by atoms with Crippen molar-refractivity contribution in [2.45, 2.75) is 65.9 Å². The van der Waals surface area contributed by atoms with E-state index in [9.17, 15) is 19.2 Å². The summed E-state index contributed by atoms with van der Waals surface area (Å²) in [7, 11) is 1.27. The summed E-state index contributed by atoms with van der Waals surface area (Å²) in [6, 6.07) is 7.64. The molecule has 0 aliphatic carbocycles.